The number of aliphatic hydroxyl groups is 4. The number of ether oxygens (including phenoxy) is 2. The number of carbonyl (C=O) groups is 2. The second-order valence-electron chi connectivity index (χ2n) is 15.9. The summed E-state index contributed by atoms with van der Waals surface area (Å²) in [6.07, 6.45) is -2.83. The van der Waals surface area contributed by atoms with Crippen molar-refractivity contribution in [3.63, 3.8) is 0 Å². The lowest BCUT2D eigenvalue weighted by atomic mass is 9.85. The van der Waals surface area contributed by atoms with Crippen LogP contribution in [0.4, 0.5) is 11.4 Å². The molecule has 0 saturated heterocycles. The van der Waals surface area contributed by atoms with Gasteiger partial charge in [0, 0.05) is 51.9 Å². The van der Waals surface area contributed by atoms with Crippen molar-refractivity contribution < 1.29 is 39.5 Å². The lowest BCUT2D eigenvalue weighted by Crippen LogP contribution is -2.61. The quantitative estimate of drug-likeness (QED) is 0.0613. The second kappa shape index (κ2) is 18.2. The van der Waals surface area contributed by atoms with E-state index in [4.69, 9.17) is 37.4 Å². The molecule has 14 N–H and O–H groups in total. The summed E-state index contributed by atoms with van der Waals surface area (Å²) in [6.45, 7) is -0.380. The van der Waals surface area contributed by atoms with Crippen molar-refractivity contribution in [1.29, 1.82) is 0 Å². The second-order valence-corrected chi connectivity index (χ2v) is 15.9. The number of fused-ring (bicyclic) bond motifs is 3. The van der Waals surface area contributed by atoms with E-state index in [1.54, 1.807) is 30.6 Å². The molecular formula is C41H49N13O8. The minimum absolute atomic E-state index is 0.0453. The number of rotatable bonds is 13. The summed E-state index contributed by atoms with van der Waals surface area (Å²) in [6, 6.07) is 18.2. The number of carbonyl (C=O) groups excluding carboxylic acids is 2. The van der Waals surface area contributed by atoms with Gasteiger partial charge in [-0.1, -0.05) is 52.9 Å². The van der Waals surface area contributed by atoms with Crippen molar-refractivity contribution in [1.82, 2.24) is 35.0 Å². The minimum Gasteiger partial charge on any atom is -0.389 e. The molecule has 6 aromatic rings. The van der Waals surface area contributed by atoms with Crippen LogP contribution in [0.2, 0.25) is 0 Å². The fourth-order valence-electron chi connectivity index (χ4n) is 8.02. The van der Waals surface area contributed by atoms with E-state index < -0.39 is 60.8 Å². The fourth-order valence-corrected chi connectivity index (χ4v) is 8.02. The van der Waals surface area contributed by atoms with Gasteiger partial charge in [-0.25, -0.2) is 14.3 Å². The standard InChI is InChI=1S/C41H49N13O8/c42-28-12-30(44)40(38(59)36(28)57)61-18-23-14-53(51-49-23)16-33(55)46-21-6-8-25-26-9-7-22(11-32(26)48-35(27(25)10-21)20-4-2-1-3-5-20)47-34(56)17-54-15-24(50-52-54)19-62-41-31(45)13-29(43)37(58)39(41)60/h1-11,14-15,28-31,36-41,57-60H,12-13,16-19,42-45H2,(H,46,55)(H,47,56)/t28-,29-,30+,31+,36+,37+,38-,39-,40-,41-/m1/s1. The molecule has 3 aromatic heterocycles. The molecule has 326 valence electrons. The Morgan fingerprint density at radius 2 is 1.13 bits per heavy atom. The number of nitrogens with zero attached hydrogens (tertiary/aromatic N) is 7. The number of amides is 2. The Morgan fingerprint density at radius 1 is 0.629 bits per heavy atom. The van der Waals surface area contributed by atoms with Gasteiger partial charge >= 0.3 is 0 Å². The minimum atomic E-state index is -1.25. The van der Waals surface area contributed by atoms with Gasteiger partial charge in [0.1, 0.15) is 48.9 Å². The zero-order chi connectivity index (χ0) is 43.7. The number of nitrogens with two attached hydrogens (primary N) is 4. The maximum atomic E-state index is 13.2. The SMILES string of the molecule is N[C@@H]1C[C@H](N)[C@@H](OCc2cn(CC(=O)Nc3ccc4c(c3)nc(-c3ccccc3)c3cc(NC(=O)Cn5cc(CO[C@H]6[C@H](O)[C@@H](O)[C@H](N)C[C@@H]6N)nn5)ccc34)nn2)[C@H](O)[C@H]1O. The Bertz CT molecular complexity index is 2540. The maximum Gasteiger partial charge on any atom is 0.246 e. The third kappa shape index (κ3) is 9.31. The van der Waals surface area contributed by atoms with E-state index in [0.717, 1.165) is 21.7 Å². The fraction of sp³-hybridized carbons (Fsp3) is 0.390. The van der Waals surface area contributed by atoms with Crippen LogP contribution < -0.4 is 33.6 Å². The predicted octanol–water partition coefficient (Wildman–Crippen LogP) is -1.15. The molecule has 21 heteroatoms. The van der Waals surface area contributed by atoms with Crippen LogP contribution in [0.3, 0.4) is 0 Å². The zero-order valence-corrected chi connectivity index (χ0v) is 33.4. The number of nitrogens with one attached hydrogen (secondary N) is 2. The van der Waals surface area contributed by atoms with Crippen molar-refractivity contribution >= 4 is 44.9 Å². The summed E-state index contributed by atoms with van der Waals surface area (Å²) in [4.78, 5) is 31.4. The predicted molar refractivity (Wildman–Crippen MR) is 224 cm³/mol. The van der Waals surface area contributed by atoms with Crippen LogP contribution in [0.15, 0.2) is 79.1 Å². The van der Waals surface area contributed by atoms with Crippen LogP contribution in [-0.4, -0.2) is 128 Å². The van der Waals surface area contributed by atoms with Gasteiger partial charge in [0.05, 0.1) is 49.0 Å². The highest BCUT2D eigenvalue weighted by Crippen LogP contribution is 2.35. The van der Waals surface area contributed by atoms with E-state index in [1.165, 1.54) is 9.36 Å². The van der Waals surface area contributed by atoms with Crippen LogP contribution in [0.5, 0.6) is 0 Å². The molecule has 0 aliphatic heterocycles. The smallest absolute Gasteiger partial charge is 0.246 e. The molecule has 0 radical (unpaired) electrons. The first kappa shape index (κ1) is 42.8. The number of hydrogen-bond acceptors (Lipinski definition) is 17. The normalized spacial score (nSPS) is 26.5. The van der Waals surface area contributed by atoms with Crippen LogP contribution >= 0.6 is 0 Å². The van der Waals surface area contributed by atoms with Crippen LogP contribution in [0.25, 0.3) is 32.9 Å². The molecule has 0 bridgehead atoms. The molecule has 21 nitrogen and oxygen atoms in total. The summed E-state index contributed by atoms with van der Waals surface area (Å²) >= 11 is 0. The average molecular weight is 852 g/mol. The van der Waals surface area contributed by atoms with Crippen LogP contribution in [-0.2, 0) is 45.4 Å². The van der Waals surface area contributed by atoms with Crippen LogP contribution in [0.1, 0.15) is 24.2 Å². The van der Waals surface area contributed by atoms with E-state index in [2.05, 4.69) is 31.3 Å². The summed E-state index contributed by atoms with van der Waals surface area (Å²) in [7, 11) is 0. The van der Waals surface area contributed by atoms with Gasteiger partial charge in [-0.3, -0.25) is 9.59 Å². The monoisotopic (exact) mass is 851 g/mol. The zero-order valence-electron chi connectivity index (χ0n) is 33.4. The molecule has 3 heterocycles. The molecule has 0 spiro atoms. The highest BCUT2D eigenvalue weighted by molar-refractivity contribution is 6.13. The van der Waals surface area contributed by atoms with Gasteiger partial charge in [0.15, 0.2) is 0 Å². The first-order chi connectivity index (χ1) is 29.8. The Balaban J connectivity index is 0.924. The van der Waals surface area contributed by atoms with E-state index in [9.17, 15) is 30.0 Å². The summed E-state index contributed by atoms with van der Waals surface area (Å²) in [5.41, 5.74) is 27.9. The van der Waals surface area contributed by atoms with Gasteiger partial charge in [0.2, 0.25) is 11.8 Å². The van der Waals surface area contributed by atoms with E-state index in [0.29, 0.717) is 34.0 Å². The highest BCUT2D eigenvalue weighted by Gasteiger charge is 2.42. The molecule has 8 rings (SSSR count). The first-order valence-corrected chi connectivity index (χ1v) is 20.1. The van der Waals surface area contributed by atoms with Crippen LogP contribution in [0, 0.1) is 0 Å². The molecular weight excluding hydrogens is 803 g/mol. The molecule has 0 unspecified atom stereocenters. The highest BCUT2D eigenvalue weighted by atomic mass is 16.5. The number of aromatic nitrogens is 7. The molecule has 2 fully saturated rings. The van der Waals surface area contributed by atoms with Crippen molar-refractivity contribution in [2.24, 2.45) is 22.9 Å². The lowest BCUT2D eigenvalue weighted by molar-refractivity contribution is -0.132. The topological polar surface area (TPSA) is 336 Å². The molecule has 2 amide bonds. The molecule has 2 saturated carbocycles. The number of pyridine rings is 1. The third-order valence-electron chi connectivity index (χ3n) is 11.2. The summed E-state index contributed by atoms with van der Waals surface area (Å²) in [5.74, 6) is -0.719. The number of benzene rings is 3. The van der Waals surface area contributed by atoms with Gasteiger partial charge in [-0.2, -0.15) is 0 Å². The molecule has 3 aromatic carbocycles. The first-order valence-electron chi connectivity index (χ1n) is 20.1. The van der Waals surface area contributed by atoms with Gasteiger partial charge in [-0.05, 0) is 42.5 Å². The number of hydrogen-bond donors (Lipinski definition) is 10. The maximum absolute atomic E-state index is 13.2. The van der Waals surface area contributed by atoms with Crippen molar-refractivity contribution in [2.75, 3.05) is 10.6 Å². The van der Waals surface area contributed by atoms with Crippen molar-refractivity contribution in [3.8, 4) is 11.3 Å². The van der Waals surface area contributed by atoms with Crippen molar-refractivity contribution in [3.05, 3.63) is 90.5 Å². The third-order valence-corrected chi connectivity index (χ3v) is 11.2. The Hall–Kier alpha value is -5.85. The van der Waals surface area contributed by atoms with Gasteiger partial charge in [0.25, 0.3) is 0 Å². The van der Waals surface area contributed by atoms with E-state index in [-0.39, 0.29) is 51.0 Å². The molecule has 10 atom stereocenters. The van der Waals surface area contributed by atoms with E-state index in [1.807, 2.05) is 48.5 Å². The molecule has 2 aliphatic rings. The Kier molecular flexibility index (Phi) is 12.6. The van der Waals surface area contributed by atoms with E-state index >= 15 is 0 Å². The number of aliphatic hydroxyl groups excluding tert-OH is 4. The van der Waals surface area contributed by atoms with Gasteiger partial charge < -0.3 is 63.5 Å². The van der Waals surface area contributed by atoms with Crippen molar-refractivity contribution in [2.45, 2.75) is 99.9 Å². The Morgan fingerprint density at radius 3 is 1.66 bits per heavy atom. The van der Waals surface area contributed by atoms with Gasteiger partial charge in [-0.15, -0.1) is 10.2 Å². The number of anilines is 2. The lowest BCUT2D eigenvalue weighted by Gasteiger charge is -2.39. The largest absolute Gasteiger partial charge is 0.389 e. The summed E-state index contributed by atoms with van der Waals surface area (Å²) in [5, 5.41) is 65.6. The average Bonchev–Trinajstić information content (AvgIpc) is 3.90. The Labute approximate surface area is 354 Å². The molecule has 62 heavy (non-hydrogen) atoms. The summed E-state index contributed by atoms with van der Waals surface area (Å²) < 4.78 is 14.2. The molecule has 2 aliphatic carbocycles.